The third-order valence-corrected chi connectivity index (χ3v) is 4.55. The van der Waals surface area contributed by atoms with Gasteiger partial charge >= 0.3 is 12.2 Å². The maximum atomic E-state index is 12.4. The average Bonchev–Trinajstić information content (AvgIpc) is 3.17. The van der Waals surface area contributed by atoms with Gasteiger partial charge in [-0.15, -0.1) is 21.5 Å². The maximum Gasteiger partial charge on any atom is 0.435 e. The zero-order valence-electron chi connectivity index (χ0n) is 11.9. The molecule has 1 N–H and O–H groups in total. The molecule has 0 spiro atoms. The van der Waals surface area contributed by atoms with Crippen LogP contribution in [0.5, 0.6) is 0 Å². The van der Waals surface area contributed by atoms with Crippen molar-refractivity contribution >= 4 is 23.2 Å². The summed E-state index contributed by atoms with van der Waals surface area (Å²) < 4.78 is 37.3. The van der Waals surface area contributed by atoms with E-state index in [-0.39, 0.29) is 17.9 Å². The van der Waals surface area contributed by atoms with Gasteiger partial charge in [0.2, 0.25) is 0 Å². The summed E-state index contributed by atoms with van der Waals surface area (Å²) >= 11 is 1.58. The van der Waals surface area contributed by atoms with Crippen LogP contribution < -0.4 is 5.32 Å². The van der Waals surface area contributed by atoms with Crippen molar-refractivity contribution in [3.05, 3.63) is 40.2 Å². The number of carbonyl (C=O) groups excluding carboxylic acids is 1. The molecule has 0 aromatic carbocycles. The molecule has 1 aliphatic rings. The fourth-order valence-corrected chi connectivity index (χ4v) is 3.39. The molecule has 1 aliphatic heterocycles. The second-order valence-electron chi connectivity index (χ2n) is 5.10. The monoisotopic (exact) mass is 342 g/mol. The number of anilines is 1. The highest BCUT2D eigenvalue weighted by molar-refractivity contribution is 7.10. The summed E-state index contributed by atoms with van der Waals surface area (Å²) in [7, 11) is 0. The number of alkyl halides is 3. The molecule has 1 unspecified atom stereocenters. The number of thiophene rings is 1. The quantitative estimate of drug-likeness (QED) is 0.900. The zero-order chi connectivity index (χ0) is 16.4. The fourth-order valence-electron chi connectivity index (χ4n) is 2.52. The van der Waals surface area contributed by atoms with Gasteiger partial charge in [-0.25, -0.2) is 4.79 Å². The Kier molecular flexibility index (Phi) is 4.20. The Balaban J connectivity index is 1.69. The molecule has 0 bridgehead atoms. The first kappa shape index (κ1) is 15.7. The number of carbonyl (C=O) groups is 1. The number of hydrogen-bond donors (Lipinski definition) is 1. The molecular weight excluding hydrogens is 329 g/mol. The number of halogens is 3. The Morgan fingerprint density at radius 3 is 2.74 bits per heavy atom. The Morgan fingerprint density at radius 1 is 1.30 bits per heavy atom. The normalized spacial score (nSPS) is 18.2. The van der Waals surface area contributed by atoms with Gasteiger partial charge in [0.1, 0.15) is 0 Å². The lowest BCUT2D eigenvalue weighted by molar-refractivity contribution is -0.141. The van der Waals surface area contributed by atoms with Gasteiger partial charge in [0.05, 0.1) is 6.04 Å². The molecular formula is C14H13F3N4OS. The van der Waals surface area contributed by atoms with Gasteiger partial charge in [-0.1, -0.05) is 6.07 Å². The number of rotatable bonds is 2. The molecule has 9 heteroatoms. The van der Waals surface area contributed by atoms with Gasteiger partial charge in [0.15, 0.2) is 11.5 Å². The third-order valence-electron chi connectivity index (χ3n) is 3.58. The number of amides is 2. The molecule has 0 radical (unpaired) electrons. The largest absolute Gasteiger partial charge is 0.435 e. The van der Waals surface area contributed by atoms with E-state index in [1.165, 1.54) is 0 Å². The van der Waals surface area contributed by atoms with Crippen LogP contribution in [-0.2, 0) is 6.18 Å². The first-order valence-electron chi connectivity index (χ1n) is 6.97. The number of aromatic nitrogens is 2. The van der Waals surface area contributed by atoms with Crippen molar-refractivity contribution in [1.82, 2.24) is 15.1 Å². The second-order valence-corrected chi connectivity index (χ2v) is 6.08. The van der Waals surface area contributed by atoms with Gasteiger partial charge in [-0.3, -0.25) is 5.32 Å². The fraction of sp³-hybridized carbons (Fsp3) is 0.357. The van der Waals surface area contributed by atoms with E-state index in [2.05, 4.69) is 15.5 Å². The van der Waals surface area contributed by atoms with E-state index in [1.54, 1.807) is 16.2 Å². The molecule has 2 aromatic heterocycles. The molecule has 0 aliphatic carbocycles. The lowest BCUT2D eigenvalue weighted by atomic mass is 10.2. The first-order chi connectivity index (χ1) is 10.9. The van der Waals surface area contributed by atoms with Crippen molar-refractivity contribution in [2.24, 2.45) is 0 Å². The van der Waals surface area contributed by atoms with Crippen LogP contribution in [0.4, 0.5) is 23.8 Å². The molecule has 122 valence electrons. The Labute approximate surface area is 134 Å². The average molecular weight is 342 g/mol. The topological polar surface area (TPSA) is 58.1 Å². The van der Waals surface area contributed by atoms with Crippen LogP contribution in [0.15, 0.2) is 29.6 Å². The van der Waals surface area contributed by atoms with Gasteiger partial charge in [0, 0.05) is 11.4 Å². The Hall–Kier alpha value is -2.16. The van der Waals surface area contributed by atoms with E-state index in [4.69, 9.17) is 0 Å². The molecule has 1 saturated heterocycles. The summed E-state index contributed by atoms with van der Waals surface area (Å²) in [5.41, 5.74) is -1.09. The standard InChI is InChI=1S/C14H13F3N4OS/c15-14(16,17)11-5-6-12(20-19-11)18-13(22)21-7-1-3-9(21)10-4-2-8-23-10/h2,4-6,8-9H,1,3,7H2,(H,18,20,22). The van der Waals surface area contributed by atoms with E-state index in [0.29, 0.717) is 6.54 Å². The SMILES string of the molecule is O=C(Nc1ccc(C(F)(F)F)nn1)N1CCCC1c1cccs1. The summed E-state index contributed by atoms with van der Waals surface area (Å²) in [6, 6.07) is 5.41. The highest BCUT2D eigenvalue weighted by Gasteiger charge is 2.33. The lowest BCUT2D eigenvalue weighted by Crippen LogP contribution is -2.34. The lowest BCUT2D eigenvalue weighted by Gasteiger charge is -2.23. The molecule has 3 rings (SSSR count). The van der Waals surface area contributed by atoms with Crippen molar-refractivity contribution < 1.29 is 18.0 Å². The molecule has 3 heterocycles. The summed E-state index contributed by atoms with van der Waals surface area (Å²) in [5, 5.41) is 11.0. The predicted molar refractivity (Wildman–Crippen MR) is 79.1 cm³/mol. The van der Waals surface area contributed by atoms with Gasteiger partial charge in [-0.05, 0) is 36.4 Å². The van der Waals surface area contributed by atoms with Crippen molar-refractivity contribution in [2.45, 2.75) is 25.1 Å². The van der Waals surface area contributed by atoms with Crippen molar-refractivity contribution in [2.75, 3.05) is 11.9 Å². The molecule has 1 fully saturated rings. The third kappa shape index (κ3) is 3.44. The molecule has 5 nitrogen and oxygen atoms in total. The minimum Gasteiger partial charge on any atom is -0.317 e. The maximum absolute atomic E-state index is 12.4. The van der Waals surface area contributed by atoms with Crippen molar-refractivity contribution in [3.63, 3.8) is 0 Å². The molecule has 0 saturated carbocycles. The smallest absolute Gasteiger partial charge is 0.317 e. The molecule has 2 aromatic rings. The van der Waals surface area contributed by atoms with Crippen LogP contribution in [-0.4, -0.2) is 27.7 Å². The summed E-state index contributed by atoms with van der Waals surface area (Å²) in [5.74, 6) is -0.000158. The van der Waals surface area contributed by atoms with Gasteiger partial charge < -0.3 is 4.90 Å². The van der Waals surface area contributed by atoms with E-state index < -0.39 is 11.9 Å². The van der Waals surface area contributed by atoms with E-state index in [0.717, 1.165) is 29.9 Å². The molecule has 23 heavy (non-hydrogen) atoms. The highest BCUT2D eigenvalue weighted by atomic mass is 32.1. The highest BCUT2D eigenvalue weighted by Crippen LogP contribution is 2.34. The van der Waals surface area contributed by atoms with Crippen LogP contribution in [0.2, 0.25) is 0 Å². The Morgan fingerprint density at radius 2 is 2.13 bits per heavy atom. The van der Waals surface area contributed by atoms with Crippen LogP contribution in [0.3, 0.4) is 0 Å². The van der Waals surface area contributed by atoms with Crippen LogP contribution in [0.25, 0.3) is 0 Å². The van der Waals surface area contributed by atoms with Gasteiger partial charge in [0.25, 0.3) is 0 Å². The van der Waals surface area contributed by atoms with Crippen molar-refractivity contribution in [1.29, 1.82) is 0 Å². The number of urea groups is 1. The number of nitrogens with one attached hydrogen (secondary N) is 1. The predicted octanol–water partition coefficient (Wildman–Crippen LogP) is 3.93. The Bertz CT molecular complexity index is 672. The second kappa shape index (κ2) is 6.15. The number of hydrogen-bond acceptors (Lipinski definition) is 4. The first-order valence-corrected chi connectivity index (χ1v) is 7.85. The summed E-state index contributed by atoms with van der Waals surface area (Å²) in [4.78, 5) is 15.1. The minimum absolute atomic E-state index is 0.000158. The number of nitrogens with zero attached hydrogens (tertiary/aromatic N) is 3. The zero-order valence-corrected chi connectivity index (χ0v) is 12.7. The van der Waals surface area contributed by atoms with E-state index in [1.807, 2.05) is 17.5 Å². The van der Waals surface area contributed by atoms with Crippen molar-refractivity contribution in [3.8, 4) is 0 Å². The number of likely N-dealkylation sites (tertiary alicyclic amines) is 1. The summed E-state index contributed by atoms with van der Waals surface area (Å²) in [6.45, 7) is 0.600. The molecule has 1 atom stereocenters. The minimum atomic E-state index is -4.55. The van der Waals surface area contributed by atoms with Gasteiger partial charge in [-0.2, -0.15) is 13.2 Å². The molecule has 2 amide bonds. The summed E-state index contributed by atoms with van der Waals surface area (Å²) in [6.07, 6.45) is -2.80. The van der Waals surface area contributed by atoms with E-state index in [9.17, 15) is 18.0 Å². The van der Waals surface area contributed by atoms with E-state index >= 15 is 0 Å². The van der Waals surface area contributed by atoms with Crippen LogP contribution in [0.1, 0.15) is 29.5 Å². The van der Waals surface area contributed by atoms with Crippen LogP contribution >= 0.6 is 11.3 Å². The van der Waals surface area contributed by atoms with Crippen LogP contribution in [0, 0.1) is 0 Å².